The van der Waals surface area contributed by atoms with Crippen molar-refractivity contribution in [2.24, 2.45) is 16.8 Å². The van der Waals surface area contributed by atoms with Crippen molar-refractivity contribution in [1.82, 2.24) is 10.3 Å². The molecule has 0 bridgehead atoms. The Morgan fingerprint density at radius 2 is 2.06 bits per heavy atom. The highest BCUT2D eigenvalue weighted by molar-refractivity contribution is 5.79. The first-order valence-corrected chi connectivity index (χ1v) is 6.46. The third-order valence-electron chi connectivity index (χ3n) is 3.03. The minimum absolute atomic E-state index is 0.479. The van der Waals surface area contributed by atoms with Gasteiger partial charge in [-0.15, -0.1) is 0 Å². The number of hydrazine groups is 1. The summed E-state index contributed by atoms with van der Waals surface area (Å²) < 4.78 is 0. The highest BCUT2D eigenvalue weighted by Gasteiger charge is 2.17. The van der Waals surface area contributed by atoms with Gasteiger partial charge in [0.05, 0.1) is 6.04 Å². The molecule has 0 aromatic rings. The fraction of sp³-hybridized carbons (Fsp3) is 0.917. The molecule has 16 heavy (non-hydrogen) atoms. The topological polar surface area (TPSA) is 53.6 Å². The van der Waals surface area contributed by atoms with E-state index in [9.17, 15) is 0 Å². The molecule has 4 nitrogen and oxygen atoms in total. The van der Waals surface area contributed by atoms with Crippen molar-refractivity contribution in [2.45, 2.75) is 52.5 Å². The molecule has 0 radical (unpaired) electrons. The quantitative estimate of drug-likeness (QED) is 0.332. The molecule has 1 aliphatic rings. The van der Waals surface area contributed by atoms with Crippen molar-refractivity contribution in [3.8, 4) is 0 Å². The van der Waals surface area contributed by atoms with Gasteiger partial charge in [0.1, 0.15) is 0 Å². The van der Waals surface area contributed by atoms with Gasteiger partial charge >= 0.3 is 0 Å². The highest BCUT2D eigenvalue weighted by Crippen LogP contribution is 2.21. The van der Waals surface area contributed by atoms with Crippen LogP contribution in [-0.4, -0.2) is 30.0 Å². The van der Waals surface area contributed by atoms with Crippen LogP contribution >= 0.6 is 0 Å². The van der Waals surface area contributed by atoms with Gasteiger partial charge in [-0.25, -0.2) is 10.8 Å². The maximum atomic E-state index is 5.58. The minimum atomic E-state index is 0.479. The van der Waals surface area contributed by atoms with Crippen LogP contribution in [0.25, 0.3) is 0 Å². The smallest absolute Gasteiger partial charge is 0.208 e. The Labute approximate surface area is 99.3 Å². The Bertz CT molecular complexity index is 219. The van der Waals surface area contributed by atoms with Gasteiger partial charge in [0, 0.05) is 13.1 Å². The molecule has 0 spiro atoms. The van der Waals surface area contributed by atoms with E-state index in [1.807, 2.05) is 0 Å². The fourth-order valence-corrected chi connectivity index (χ4v) is 2.22. The molecular formula is C12H26N4. The van der Waals surface area contributed by atoms with Gasteiger partial charge in [0.15, 0.2) is 0 Å². The Morgan fingerprint density at radius 3 is 2.50 bits per heavy atom. The zero-order valence-electron chi connectivity index (χ0n) is 10.9. The maximum Gasteiger partial charge on any atom is 0.208 e. The van der Waals surface area contributed by atoms with Crippen LogP contribution < -0.4 is 11.3 Å². The number of nitrogens with zero attached hydrogens (tertiary/aromatic N) is 2. The van der Waals surface area contributed by atoms with Crippen LogP contribution in [0.1, 0.15) is 46.5 Å². The summed E-state index contributed by atoms with van der Waals surface area (Å²) in [6, 6.07) is 0.479. The van der Waals surface area contributed by atoms with Crippen molar-refractivity contribution in [3.05, 3.63) is 0 Å². The number of guanidine groups is 1. The van der Waals surface area contributed by atoms with Gasteiger partial charge in [0.25, 0.3) is 0 Å². The first-order chi connectivity index (χ1) is 7.67. The lowest BCUT2D eigenvalue weighted by atomic mass is 10.2. The van der Waals surface area contributed by atoms with Crippen LogP contribution in [0.2, 0.25) is 0 Å². The number of hydrogen-bond donors (Lipinski definition) is 2. The van der Waals surface area contributed by atoms with Crippen molar-refractivity contribution in [3.63, 3.8) is 0 Å². The summed E-state index contributed by atoms with van der Waals surface area (Å²) in [7, 11) is 0. The lowest BCUT2D eigenvalue weighted by molar-refractivity contribution is 0.366. The molecule has 0 unspecified atom stereocenters. The van der Waals surface area contributed by atoms with E-state index in [1.165, 1.54) is 25.7 Å². The molecule has 3 N–H and O–H groups in total. The summed E-state index contributed by atoms with van der Waals surface area (Å²) >= 11 is 0. The first-order valence-electron chi connectivity index (χ1n) is 6.46. The number of hydrogen-bond acceptors (Lipinski definition) is 2. The summed E-state index contributed by atoms with van der Waals surface area (Å²) in [4.78, 5) is 6.95. The summed E-state index contributed by atoms with van der Waals surface area (Å²) in [5.41, 5.74) is 2.76. The first kappa shape index (κ1) is 13.3. The molecule has 0 saturated heterocycles. The molecule has 0 heterocycles. The highest BCUT2D eigenvalue weighted by atomic mass is 15.4. The molecular weight excluding hydrogens is 200 g/mol. The van der Waals surface area contributed by atoms with E-state index in [4.69, 9.17) is 10.8 Å². The molecule has 1 fully saturated rings. The molecule has 94 valence electrons. The summed E-state index contributed by atoms with van der Waals surface area (Å²) in [5.74, 6) is 7.07. The third-order valence-corrected chi connectivity index (χ3v) is 3.03. The Balaban J connectivity index is 2.61. The Hall–Kier alpha value is -0.770. The standard InChI is InChI=1S/C12H26N4/c1-4-16(9-10(2)3)12(15-13)14-11-7-5-6-8-11/h10-11H,4-9,13H2,1-3H3,(H,14,15). The largest absolute Gasteiger partial charge is 0.342 e. The van der Waals surface area contributed by atoms with Crippen LogP contribution in [0.15, 0.2) is 4.99 Å². The van der Waals surface area contributed by atoms with Gasteiger partial charge in [-0.1, -0.05) is 26.7 Å². The number of nitrogens with two attached hydrogens (primary N) is 1. The van der Waals surface area contributed by atoms with Crippen molar-refractivity contribution < 1.29 is 0 Å². The zero-order chi connectivity index (χ0) is 12.0. The Kier molecular flexibility index (Phi) is 5.60. The predicted molar refractivity (Wildman–Crippen MR) is 69.1 cm³/mol. The lowest BCUT2D eigenvalue weighted by Gasteiger charge is -2.26. The van der Waals surface area contributed by atoms with Crippen molar-refractivity contribution in [2.75, 3.05) is 13.1 Å². The number of rotatable bonds is 4. The average molecular weight is 226 g/mol. The van der Waals surface area contributed by atoms with E-state index < -0.39 is 0 Å². The SMILES string of the molecule is CCN(CC(C)C)C(=NC1CCCC1)NN. The summed E-state index contributed by atoms with van der Waals surface area (Å²) in [6.07, 6.45) is 5.04. The van der Waals surface area contributed by atoms with E-state index in [1.54, 1.807) is 0 Å². The van der Waals surface area contributed by atoms with E-state index in [0.717, 1.165) is 19.0 Å². The molecule has 0 aromatic heterocycles. The van der Waals surface area contributed by atoms with Crippen LogP contribution in [0.3, 0.4) is 0 Å². The van der Waals surface area contributed by atoms with E-state index >= 15 is 0 Å². The normalized spacial score (nSPS) is 18.2. The Morgan fingerprint density at radius 1 is 1.44 bits per heavy atom. The molecule has 1 aliphatic carbocycles. The average Bonchev–Trinajstić information content (AvgIpc) is 2.75. The fourth-order valence-electron chi connectivity index (χ4n) is 2.22. The molecule has 0 amide bonds. The van der Waals surface area contributed by atoms with Gasteiger partial charge in [0.2, 0.25) is 5.96 Å². The lowest BCUT2D eigenvalue weighted by Crippen LogP contribution is -2.46. The maximum absolute atomic E-state index is 5.58. The van der Waals surface area contributed by atoms with Crippen molar-refractivity contribution in [1.29, 1.82) is 0 Å². The zero-order valence-corrected chi connectivity index (χ0v) is 10.9. The van der Waals surface area contributed by atoms with E-state index in [2.05, 4.69) is 31.1 Å². The van der Waals surface area contributed by atoms with Crippen LogP contribution in [-0.2, 0) is 0 Å². The number of aliphatic imine (C=N–C) groups is 1. The predicted octanol–water partition coefficient (Wildman–Crippen LogP) is 1.73. The van der Waals surface area contributed by atoms with E-state index in [-0.39, 0.29) is 0 Å². The monoisotopic (exact) mass is 226 g/mol. The van der Waals surface area contributed by atoms with Gasteiger partial charge in [-0.2, -0.15) is 0 Å². The second-order valence-corrected chi connectivity index (χ2v) is 4.97. The molecule has 0 aromatic carbocycles. The molecule has 0 aliphatic heterocycles. The van der Waals surface area contributed by atoms with Crippen LogP contribution in [0.5, 0.6) is 0 Å². The molecule has 1 rings (SSSR count). The summed E-state index contributed by atoms with van der Waals surface area (Å²) in [5, 5.41) is 0. The number of nitrogens with one attached hydrogen (secondary N) is 1. The van der Waals surface area contributed by atoms with Crippen LogP contribution in [0, 0.1) is 5.92 Å². The van der Waals surface area contributed by atoms with E-state index in [0.29, 0.717) is 12.0 Å². The third kappa shape index (κ3) is 4.00. The minimum Gasteiger partial charge on any atom is -0.342 e. The second-order valence-electron chi connectivity index (χ2n) is 4.97. The van der Waals surface area contributed by atoms with Gasteiger partial charge in [-0.05, 0) is 25.7 Å². The van der Waals surface area contributed by atoms with Crippen molar-refractivity contribution >= 4 is 5.96 Å². The second kappa shape index (κ2) is 6.74. The van der Waals surface area contributed by atoms with Crippen LogP contribution in [0.4, 0.5) is 0 Å². The van der Waals surface area contributed by atoms with Gasteiger partial charge < -0.3 is 4.90 Å². The molecule has 4 heteroatoms. The van der Waals surface area contributed by atoms with Gasteiger partial charge in [-0.3, -0.25) is 5.43 Å². The molecule has 0 atom stereocenters. The molecule has 1 saturated carbocycles. The summed E-state index contributed by atoms with van der Waals surface area (Å²) in [6.45, 7) is 8.53.